The summed E-state index contributed by atoms with van der Waals surface area (Å²) in [6.45, 7) is 3.64. The van der Waals surface area contributed by atoms with E-state index in [1.165, 1.54) is 56.2 Å². The Morgan fingerprint density at radius 1 is 0.744 bits per heavy atom. The molecule has 2 nitrogen and oxygen atoms in total. The van der Waals surface area contributed by atoms with Crippen LogP contribution >= 0.6 is 46.2 Å². The molecule has 6 heteroatoms. The van der Waals surface area contributed by atoms with Crippen molar-refractivity contribution in [1.82, 2.24) is 0 Å². The highest BCUT2D eigenvalue weighted by atomic mass is 32.2. The fourth-order valence-corrected chi connectivity index (χ4v) is 11.1. The van der Waals surface area contributed by atoms with Crippen molar-refractivity contribution in [2.24, 2.45) is 0 Å². The Morgan fingerprint density at radius 2 is 1.31 bits per heavy atom. The molecule has 4 aromatic carbocycles. The maximum absolute atomic E-state index is 12.3. The van der Waals surface area contributed by atoms with Crippen LogP contribution in [0.3, 0.4) is 0 Å². The highest BCUT2D eigenvalue weighted by Gasteiger charge is 2.35. The fourth-order valence-electron chi connectivity index (χ4n) is 5.60. The molecule has 3 unspecified atom stereocenters. The van der Waals surface area contributed by atoms with Gasteiger partial charge in [0.2, 0.25) is 0 Å². The SMILES string of the molecule is C=CC(=O)OC1CCC(Sc2cccc3c2sc2ccccc23)CC1Sc1cccc2c1sc1ccccc12. The van der Waals surface area contributed by atoms with E-state index in [2.05, 4.69) is 91.5 Å². The molecule has 0 N–H and O–H groups in total. The third kappa shape index (κ3) is 4.78. The zero-order valence-corrected chi connectivity index (χ0v) is 24.4. The van der Waals surface area contributed by atoms with Crippen molar-refractivity contribution in [2.45, 2.75) is 45.7 Å². The number of rotatable bonds is 6. The fraction of sp³-hybridized carbons (Fsp3) is 0.182. The van der Waals surface area contributed by atoms with Gasteiger partial charge in [-0.2, -0.15) is 0 Å². The van der Waals surface area contributed by atoms with Gasteiger partial charge >= 0.3 is 5.97 Å². The Bertz CT molecular complexity index is 1850. The number of carbonyl (C=O) groups excluding carboxylic acids is 1. The summed E-state index contributed by atoms with van der Waals surface area (Å²) >= 11 is 7.62. The first-order valence-corrected chi connectivity index (χ1v) is 16.5. The molecular weight excluding hydrogens is 557 g/mol. The van der Waals surface area contributed by atoms with Crippen molar-refractivity contribution < 1.29 is 9.53 Å². The lowest BCUT2D eigenvalue weighted by Crippen LogP contribution is -2.36. The van der Waals surface area contributed by atoms with Gasteiger partial charge in [0.05, 0.1) is 0 Å². The van der Waals surface area contributed by atoms with E-state index in [0.29, 0.717) is 5.25 Å². The van der Waals surface area contributed by atoms with Gasteiger partial charge in [0.1, 0.15) is 6.10 Å². The van der Waals surface area contributed by atoms with Gasteiger partial charge in [-0.1, -0.05) is 67.2 Å². The van der Waals surface area contributed by atoms with E-state index in [0.717, 1.165) is 19.3 Å². The van der Waals surface area contributed by atoms with Crippen molar-refractivity contribution >= 4 is 92.5 Å². The van der Waals surface area contributed by atoms with Crippen LogP contribution < -0.4 is 0 Å². The van der Waals surface area contributed by atoms with E-state index in [-0.39, 0.29) is 17.3 Å². The molecule has 0 aliphatic heterocycles. The molecule has 0 bridgehead atoms. The van der Waals surface area contributed by atoms with Gasteiger partial charge in [-0.25, -0.2) is 4.79 Å². The standard InChI is InChI=1S/C33H26O2S4/c1-2-31(34)35-25-18-17-20(36-28-15-7-11-23-21-9-3-5-13-26(21)38-32(23)28)19-30(25)37-29-16-8-12-24-22-10-4-6-14-27(22)39-33(24)29/h2-16,20,25,30H,1,17-19H2. The van der Waals surface area contributed by atoms with Crippen molar-refractivity contribution in [1.29, 1.82) is 0 Å². The highest BCUT2D eigenvalue weighted by molar-refractivity contribution is 8.01. The van der Waals surface area contributed by atoms with Gasteiger partial charge in [0.15, 0.2) is 0 Å². The quantitative estimate of drug-likeness (QED) is 0.144. The molecule has 0 spiro atoms. The van der Waals surface area contributed by atoms with Gasteiger partial charge < -0.3 is 4.74 Å². The van der Waals surface area contributed by atoms with Crippen LogP contribution in [0.2, 0.25) is 0 Å². The number of carbonyl (C=O) groups is 1. The Kier molecular flexibility index (Phi) is 6.89. The molecule has 6 aromatic rings. The van der Waals surface area contributed by atoms with Gasteiger partial charge in [0, 0.05) is 66.7 Å². The molecule has 1 aliphatic rings. The maximum atomic E-state index is 12.3. The average Bonchev–Trinajstić information content (AvgIpc) is 3.54. The molecule has 2 aromatic heterocycles. The first-order valence-electron chi connectivity index (χ1n) is 13.1. The molecule has 2 heterocycles. The molecule has 1 saturated carbocycles. The molecule has 7 rings (SSSR count). The summed E-state index contributed by atoms with van der Waals surface area (Å²) in [4.78, 5) is 14.9. The Hall–Kier alpha value is -2.77. The number of fused-ring (bicyclic) bond motifs is 6. The van der Waals surface area contributed by atoms with E-state index < -0.39 is 0 Å². The Balaban J connectivity index is 1.20. The lowest BCUT2D eigenvalue weighted by atomic mass is 9.96. The summed E-state index contributed by atoms with van der Waals surface area (Å²) in [5.41, 5.74) is 0. The topological polar surface area (TPSA) is 26.3 Å². The number of hydrogen-bond acceptors (Lipinski definition) is 6. The van der Waals surface area contributed by atoms with Crippen LogP contribution in [-0.2, 0) is 9.53 Å². The molecule has 1 fully saturated rings. The molecule has 0 amide bonds. The predicted molar refractivity (Wildman–Crippen MR) is 172 cm³/mol. The van der Waals surface area contributed by atoms with E-state index in [9.17, 15) is 4.79 Å². The smallest absolute Gasteiger partial charge is 0.330 e. The zero-order chi connectivity index (χ0) is 26.3. The second kappa shape index (κ2) is 10.7. The number of ether oxygens (including phenoxy) is 1. The molecule has 39 heavy (non-hydrogen) atoms. The first kappa shape index (κ1) is 25.2. The van der Waals surface area contributed by atoms with E-state index in [4.69, 9.17) is 4.74 Å². The Morgan fingerprint density at radius 3 is 1.92 bits per heavy atom. The lowest BCUT2D eigenvalue weighted by molar-refractivity contribution is -0.143. The number of esters is 1. The van der Waals surface area contributed by atoms with Crippen LogP contribution in [0, 0.1) is 0 Å². The monoisotopic (exact) mass is 582 g/mol. The van der Waals surface area contributed by atoms with Crippen LogP contribution in [0.15, 0.2) is 107 Å². The first-order chi connectivity index (χ1) is 19.2. The van der Waals surface area contributed by atoms with Gasteiger partial charge in [-0.3, -0.25) is 0 Å². The summed E-state index contributed by atoms with van der Waals surface area (Å²) < 4.78 is 11.3. The van der Waals surface area contributed by atoms with Gasteiger partial charge in [0.25, 0.3) is 0 Å². The Labute approximate surface area is 244 Å². The molecule has 194 valence electrons. The van der Waals surface area contributed by atoms with Crippen LogP contribution in [0.5, 0.6) is 0 Å². The van der Waals surface area contributed by atoms with Crippen LogP contribution in [-0.4, -0.2) is 22.6 Å². The second-order valence-electron chi connectivity index (χ2n) is 9.85. The third-order valence-electron chi connectivity index (χ3n) is 7.43. The molecule has 0 radical (unpaired) electrons. The largest absolute Gasteiger partial charge is 0.458 e. The van der Waals surface area contributed by atoms with E-state index in [1.54, 1.807) is 0 Å². The normalized spacial score (nSPS) is 19.6. The highest BCUT2D eigenvalue weighted by Crippen LogP contribution is 2.47. The summed E-state index contributed by atoms with van der Waals surface area (Å²) in [6.07, 6.45) is 4.03. The minimum absolute atomic E-state index is 0.123. The maximum Gasteiger partial charge on any atom is 0.330 e. The molecule has 1 aliphatic carbocycles. The van der Waals surface area contributed by atoms with Crippen LogP contribution in [0.4, 0.5) is 0 Å². The van der Waals surface area contributed by atoms with Crippen molar-refractivity contribution in [3.63, 3.8) is 0 Å². The van der Waals surface area contributed by atoms with E-state index >= 15 is 0 Å². The minimum Gasteiger partial charge on any atom is -0.458 e. The summed E-state index contributed by atoms with van der Waals surface area (Å²) in [5, 5.41) is 5.93. The van der Waals surface area contributed by atoms with Crippen molar-refractivity contribution in [2.75, 3.05) is 0 Å². The lowest BCUT2D eigenvalue weighted by Gasteiger charge is -2.35. The van der Waals surface area contributed by atoms with Gasteiger partial charge in [-0.05, 0) is 43.5 Å². The second-order valence-corrected chi connectivity index (χ2v) is 14.6. The van der Waals surface area contributed by atoms with Crippen LogP contribution in [0.1, 0.15) is 19.3 Å². The molecular formula is C33H26O2S4. The number of benzene rings is 4. The summed E-state index contributed by atoms with van der Waals surface area (Å²) in [5.74, 6) is -0.327. The van der Waals surface area contributed by atoms with Crippen molar-refractivity contribution in [3.05, 3.63) is 97.6 Å². The summed E-state index contributed by atoms with van der Waals surface area (Å²) in [6, 6.07) is 30.6. The van der Waals surface area contributed by atoms with Gasteiger partial charge in [-0.15, -0.1) is 46.2 Å². The van der Waals surface area contributed by atoms with Crippen LogP contribution in [0.25, 0.3) is 40.3 Å². The number of thioether (sulfide) groups is 2. The van der Waals surface area contributed by atoms with Crippen molar-refractivity contribution in [3.8, 4) is 0 Å². The zero-order valence-electron chi connectivity index (χ0n) is 21.2. The summed E-state index contributed by atoms with van der Waals surface area (Å²) in [7, 11) is 0. The number of thiophene rings is 2. The third-order valence-corrected chi connectivity index (χ3v) is 12.9. The minimum atomic E-state index is -0.327. The number of hydrogen-bond donors (Lipinski definition) is 0. The predicted octanol–water partition coefficient (Wildman–Crippen LogP) is 10.3. The molecule has 3 atom stereocenters. The average molecular weight is 583 g/mol. The molecule has 0 saturated heterocycles. The van der Waals surface area contributed by atoms with E-state index in [1.807, 2.05) is 46.2 Å².